The number of sulfonamides is 1. The van der Waals surface area contributed by atoms with E-state index < -0.39 is 10.0 Å². The van der Waals surface area contributed by atoms with Gasteiger partial charge in [0.15, 0.2) is 0 Å². The van der Waals surface area contributed by atoms with E-state index in [4.69, 9.17) is 4.98 Å². The first kappa shape index (κ1) is 20.9. The van der Waals surface area contributed by atoms with E-state index in [9.17, 15) is 13.2 Å². The first-order chi connectivity index (χ1) is 14.3. The largest absolute Gasteiger partial charge is 0.292 e. The minimum Gasteiger partial charge on any atom is -0.292 e. The highest BCUT2D eigenvalue weighted by molar-refractivity contribution is 7.89. The molecule has 0 radical (unpaired) electrons. The maximum absolute atomic E-state index is 12.8. The molecule has 0 N–H and O–H groups in total. The number of aryl methyl sites for hydroxylation is 2. The van der Waals surface area contributed by atoms with Crippen LogP contribution in [0.4, 0.5) is 5.82 Å². The monoisotopic (exact) mass is 428 g/mol. The van der Waals surface area contributed by atoms with Crippen LogP contribution in [0.5, 0.6) is 0 Å². The molecule has 8 heteroatoms. The summed E-state index contributed by atoms with van der Waals surface area (Å²) in [4.78, 5) is 24.0. The van der Waals surface area contributed by atoms with E-state index in [1.54, 1.807) is 11.8 Å². The summed E-state index contributed by atoms with van der Waals surface area (Å²) in [6.45, 7) is 6.56. The molecule has 1 aromatic heterocycles. The van der Waals surface area contributed by atoms with Crippen LogP contribution >= 0.6 is 0 Å². The van der Waals surface area contributed by atoms with Crippen LogP contribution in [-0.2, 0) is 27.8 Å². The quantitative estimate of drug-likeness (QED) is 0.731. The molecule has 0 saturated carbocycles. The van der Waals surface area contributed by atoms with Gasteiger partial charge in [0.25, 0.3) is 0 Å². The minimum atomic E-state index is -3.33. The predicted molar refractivity (Wildman–Crippen MR) is 116 cm³/mol. The Morgan fingerprint density at radius 1 is 1.10 bits per heavy atom. The second-order valence-electron chi connectivity index (χ2n) is 8.10. The molecule has 1 amide bonds. The predicted octanol–water partition coefficient (Wildman–Crippen LogP) is 3.06. The van der Waals surface area contributed by atoms with E-state index >= 15 is 0 Å². The molecule has 7 nitrogen and oxygen atoms in total. The number of carbonyl (C=O) groups is 1. The Hall–Kier alpha value is -2.32. The number of amides is 1. The molecule has 2 aliphatic heterocycles. The Kier molecular flexibility index (Phi) is 5.63. The topological polar surface area (TPSA) is 83.5 Å². The number of hydrogen-bond acceptors (Lipinski definition) is 5. The molecule has 1 fully saturated rings. The zero-order valence-corrected chi connectivity index (χ0v) is 18.6. The molecule has 0 bridgehead atoms. The van der Waals surface area contributed by atoms with Gasteiger partial charge in [0.05, 0.1) is 18.3 Å². The van der Waals surface area contributed by atoms with E-state index in [1.165, 1.54) is 9.87 Å². The molecule has 3 heterocycles. The Morgan fingerprint density at radius 2 is 1.83 bits per heavy atom. The Labute approximate surface area is 178 Å². The molecule has 160 valence electrons. The van der Waals surface area contributed by atoms with Crippen molar-refractivity contribution >= 4 is 21.7 Å². The average molecular weight is 429 g/mol. The van der Waals surface area contributed by atoms with Gasteiger partial charge in [-0.2, -0.15) is 4.31 Å². The van der Waals surface area contributed by atoms with E-state index in [0.29, 0.717) is 44.0 Å². The van der Waals surface area contributed by atoms with Crippen LogP contribution in [0.2, 0.25) is 0 Å². The van der Waals surface area contributed by atoms with Crippen LogP contribution in [0.25, 0.3) is 0 Å². The molecule has 0 unspecified atom stereocenters. The van der Waals surface area contributed by atoms with Crippen molar-refractivity contribution in [3.8, 4) is 0 Å². The first-order valence-electron chi connectivity index (χ1n) is 10.5. The van der Waals surface area contributed by atoms with Crippen LogP contribution in [0.3, 0.4) is 0 Å². The van der Waals surface area contributed by atoms with Crippen molar-refractivity contribution in [1.29, 1.82) is 0 Å². The van der Waals surface area contributed by atoms with Gasteiger partial charge in [-0.15, -0.1) is 0 Å². The van der Waals surface area contributed by atoms with E-state index in [0.717, 1.165) is 23.2 Å². The van der Waals surface area contributed by atoms with E-state index in [1.807, 2.05) is 38.1 Å². The summed E-state index contributed by atoms with van der Waals surface area (Å²) >= 11 is 0. The molecule has 2 aromatic rings. The van der Waals surface area contributed by atoms with Crippen LogP contribution in [0.1, 0.15) is 60.4 Å². The number of carbonyl (C=O) groups excluding carboxylic acids is 1. The highest BCUT2D eigenvalue weighted by Gasteiger charge is 2.37. The standard InChI is InChI=1S/C22H28N4O3S/c1-4-30(28,29)26-13-5-6-19(26)21-23-16(3)18-11-12-20(27)25(22(18)24-21)14-17-9-7-15(2)8-10-17/h7-10,19H,4-6,11-14H2,1-3H3/t19-/m0/s1. The normalized spacial score (nSPS) is 19.9. The first-order valence-corrected chi connectivity index (χ1v) is 12.1. The van der Waals surface area contributed by atoms with Gasteiger partial charge in [0.2, 0.25) is 15.9 Å². The van der Waals surface area contributed by atoms with E-state index in [-0.39, 0.29) is 17.7 Å². The van der Waals surface area contributed by atoms with Crippen LogP contribution in [0, 0.1) is 13.8 Å². The number of anilines is 1. The van der Waals surface area contributed by atoms with Gasteiger partial charge >= 0.3 is 0 Å². The van der Waals surface area contributed by atoms with Crippen molar-refractivity contribution in [2.75, 3.05) is 17.2 Å². The van der Waals surface area contributed by atoms with Gasteiger partial charge in [-0.25, -0.2) is 18.4 Å². The summed E-state index contributed by atoms with van der Waals surface area (Å²) in [6, 6.07) is 7.76. The molecule has 1 atom stereocenters. The minimum absolute atomic E-state index is 0.0385. The Bertz CT molecular complexity index is 1070. The number of hydrogen-bond donors (Lipinski definition) is 0. The van der Waals surface area contributed by atoms with Gasteiger partial charge < -0.3 is 0 Å². The van der Waals surface area contributed by atoms with Crippen LogP contribution < -0.4 is 4.90 Å². The number of rotatable bonds is 5. The highest BCUT2D eigenvalue weighted by atomic mass is 32.2. The van der Waals surface area contributed by atoms with Gasteiger partial charge in [-0.05, 0) is 45.6 Å². The van der Waals surface area contributed by atoms with Gasteiger partial charge in [0.1, 0.15) is 11.6 Å². The lowest BCUT2D eigenvalue weighted by molar-refractivity contribution is -0.119. The smallest absolute Gasteiger partial charge is 0.228 e. The fourth-order valence-corrected chi connectivity index (χ4v) is 5.61. The van der Waals surface area contributed by atoms with Crippen molar-refractivity contribution in [1.82, 2.24) is 14.3 Å². The Morgan fingerprint density at radius 3 is 2.53 bits per heavy atom. The molecule has 4 rings (SSSR count). The molecule has 30 heavy (non-hydrogen) atoms. The van der Waals surface area contributed by atoms with Gasteiger partial charge in [-0.1, -0.05) is 29.8 Å². The van der Waals surface area contributed by atoms with E-state index in [2.05, 4.69) is 4.98 Å². The fraction of sp³-hybridized carbons (Fsp3) is 0.500. The third-order valence-corrected chi connectivity index (χ3v) is 7.92. The summed E-state index contributed by atoms with van der Waals surface area (Å²) in [6.07, 6.45) is 2.53. The average Bonchev–Trinajstić information content (AvgIpc) is 3.22. The summed E-state index contributed by atoms with van der Waals surface area (Å²) in [5.41, 5.74) is 4.02. The molecule has 0 spiro atoms. The molecule has 1 aromatic carbocycles. The summed E-state index contributed by atoms with van der Waals surface area (Å²) < 4.78 is 26.6. The summed E-state index contributed by atoms with van der Waals surface area (Å²) in [5.74, 6) is 1.24. The number of fused-ring (bicyclic) bond motifs is 1. The summed E-state index contributed by atoms with van der Waals surface area (Å²) in [5, 5.41) is 0. The van der Waals surface area contributed by atoms with Crippen LogP contribution in [-0.4, -0.2) is 40.9 Å². The lowest BCUT2D eigenvalue weighted by atomic mass is 10.0. The zero-order chi connectivity index (χ0) is 21.5. The molecule has 2 aliphatic rings. The lowest BCUT2D eigenvalue weighted by Crippen LogP contribution is -2.37. The second kappa shape index (κ2) is 8.07. The third-order valence-electron chi connectivity index (χ3n) is 6.04. The number of aromatic nitrogens is 2. The molecular formula is C22H28N4O3S. The van der Waals surface area contributed by atoms with Gasteiger partial charge in [0, 0.05) is 24.2 Å². The van der Waals surface area contributed by atoms with Crippen LogP contribution in [0.15, 0.2) is 24.3 Å². The SMILES string of the molecule is CCS(=O)(=O)N1CCC[C@H]1c1nc(C)c2c(n1)N(Cc1ccc(C)cc1)C(=O)CC2. The fourth-order valence-electron chi connectivity index (χ4n) is 4.29. The zero-order valence-electron chi connectivity index (χ0n) is 17.8. The maximum Gasteiger partial charge on any atom is 0.228 e. The van der Waals surface area contributed by atoms with Crippen molar-refractivity contribution in [2.45, 2.75) is 59.0 Å². The number of benzene rings is 1. The molecular weight excluding hydrogens is 400 g/mol. The van der Waals surface area contributed by atoms with Crippen molar-refractivity contribution in [2.24, 2.45) is 0 Å². The number of nitrogens with zero attached hydrogens (tertiary/aromatic N) is 4. The summed E-state index contributed by atoms with van der Waals surface area (Å²) in [7, 11) is -3.33. The van der Waals surface area contributed by atoms with Crippen molar-refractivity contribution < 1.29 is 13.2 Å². The maximum atomic E-state index is 12.8. The highest BCUT2D eigenvalue weighted by Crippen LogP contribution is 2.36. The second-order valence-corrected chi connectivity index (χ2v) is 10.3. The Balaban J connectivity index is 1.73. The lowest BCUT2D eigenvalue weighted by Gasteiger charge is -2.31. The molecule has 0 aliphatic carbocycles. The van der Waals surface area contributed by atoms with Crippen molar-refractivity contribution in [3.63, 3.8) is 0 Å². The van der Waals surface area contributed by atoms with Crippen molar-refractivity contribution in [3.05, 3.63) is 52.5 Å². The third kappa shape index (κ3) is 3.86. The van der Waals surface area contributed by atoms with Gasteiger partial charge in [-0.3, -0.25) is 9.69 Å². The molecule has 1 saturated heterocycles.